The Kier molecular flexibility index (Phi) is 3.63. The first-order valence-corrected chi connectivity index (χ1v) is 7.79. The number of hydrogen-bond acceptors (Lipinski definition) is 2. The highest BCUT2D eigenvalue weighted by atomic mass is 79.9. The van der Waals surface area contributed by atoms with Crippen LogP contribution in [0.5, 0.6) is 0 Å². The quantitative estimate of drug-likeness (QED) is 0.531. The highest BCUT2D eigenvalue weighted by Crippen LogP contribution is 2.34. The molecule has 0 aliphatic heterocycles. The van der Waals surface area contributed by atoms with Crippen LogP contribution in [0.15, 0.2) is 46.3 Å². The molecule has 1 aromatic heterocycles. The molecule has 100 valence electrons. The molecule has 0 amide bonds. The Morgan fingerprint density at radius 3 is 2.70 bits per heavy atom. The fourth-order valence-corrected chi connectivity index (χ4v) is 3.90. The fraction of sp³-hybridized carbons (Fsp3) is 0. The van der Waals surface area contributed by atoms with E-state index < -0.39 is 11.6 Å². The molecule has 5 heteroatoms. The Hall–Kier alpha value is -1.23. The Labute approximate surface area is 132 Å². The van der Waals surface area contributed by atoms with Crippen molar-refractivity contribution in [3.8, 4) is 0 Å². The SMILES string of the molecule is O=C(c1c(F)cccc1Cl)c1csc2c(Br)cccc12. The van der Waals surface area contributed by atoms with E-state index >= 15 is 0 Å². The van der Waals surface area contributed by atoms with Gasteiger partial charge in [-0.15, -0.1) is 11.3 Å². The molecule has 0 saturated carbocycles. The topological polar surface area (TPSA) is 17.1 Å². The summed E-state index contributed by atoms with van der Waals surface area (Å²) in [7, 11) is 0. The second-order valence-electron chi connectivity index (χ2n) is 4.19. The van der Waals surface area contributed by atoms with E-state index in [1.54, 1.807) is 5.38 Å². The van der Waals surface area contributed by atoms with Crippen LogP contribution < -0.4 is 0 Å². The number of carbonyl (C=O) groups is 1. The summed E-state index contributed by atoms with van der Waals surface area (Å²) in [6, 6.07) is 9.84. The van der Waals surface area contributed by atoms with Crippen molar-refractivity contribution in [2.75, 3.05) is 0 Å². The smallest absolute Gasteiger partial charge is 0.198 e. The molecule has 0 radical (unpaired) electrons. The van der Waals surface area contributed by atoms with Crippen LogP contribution in [0.3, 0.4) is 0 Å². The van der Waals surface area contributed by atoms with Gasteiger partial charge in [0.2, 0.25) is 0 Å². The molecule has 0 fully saturated rings. The van der Waals surface area contributed by atoms with Gasteiger partial charge in [0.25, 0.3) is 0 Å². The van der Waals surface area contributed by atoms with Crippen molar-refractivity contribution in [1.82, 2.24) is 0 Å². The van der Waals surface area contributed by atoms with Crippen molar-refractivity contribution in [2.24, 2.45) is 0 Å². The molecule has 0 aliphatic rings. The van der Waals surface area contributed by atoms with Crippen LogP contribution in [-0.4, -0.2) is 5.78 Å². The van der Waals surface area contributed by atoms with E-state index in [0.29, 0.717) is 5.56 Å². The second-order valence-corrected chi connectivity index (χ2v) is 6.33. The Bertz CT molecular complexity index is 808. The van der Waals surface area contributed by atoms with E-state index in [4.69, 9.17) is 11.6 Å². The van der Waals surface area contributed by atoms with Crippen molar-refractivity contribution in [1.29, 1.82) is 0 Å². The summed E-state index contributed by atoms with van der Waals surface area (Å²) in [6.07, 6.45) is 0. The largest absolute Gasteiger partial charge is 0.288 e. The first kappa shape index (κ1) is 13.7. The van der Waals surface area contributed by atoms with Crippen LogP contribution in [0.4, 0.5) is 4.39 Å². The average molecular weight is 370 g/mol. The van der Waals surface area contributed by atoms with Gasteiger partial charge in [-0.25, -0.2) is 4.39 Å². The predicted octanol–water partition coefficient (Wildman–Crippen LogP) is 5.69. The van der Waals surface area contributed by atoms with E-state index in [1.165, 1.54) is 29.5 Å². The van der Waals surface area contributed by atoms with E-state index in [2.05, 4.69) is 15.9 Å². The maximum Gasteiger partial charge on any atom is 0.198 e. The van der Waals surface area contributed by atoms with E-state index in [-0.39, 0.29) is 10.6 Å². The minimum absolute atomic E-state index is 0.0751. The van der Waals surface area contributed by atoms with Crippen molar-refractivity contribution < 1.29 is 9.18 Å². The summed E-state index contributed by atoms with van der Waals surface area (Å²) in [5.74, 6) is -0.991. The van der Waals surface area contributed by atoms with Gasteiger partial charge in [0, 0.05) is 25.5 Å². The van der Waals surface area contributed by atoms with Gasteiger partial charge >= 0.3 is 0 Å². The Morgan fingerprint density at radius 1 is 1.20 bits per heavy atom. The molecule has 1 heterocycles. The summed E-state index contributed by atoms with van der Waals surface area (Å²) < 4.78 is 15.7. The van der Waals surface area contributed by atoms with Crippen molar-refractivity contribution in [3.05, 3.63) is 68.2 Å². The molecule has 0 aliphatic carbocycles. The molecule has 0 spiro atoms. The summed E-state index contributed by atoms with van der Waals surface area (Å²) in [4.78, 5) is 12.5. The van der Waals surface area contributed by atoms with Gasteiger partial charge < -0.3 is 0 Å². The predicted molar refractivity (Wildman–Crippen MR) is 84.4 cm³/mol. The van der Waals surface area contributed by atoms with Gasteiger partial charge in [0.15, 0.2) is 5.78 Å². The molecule has 0 saturated heterocycles. The highest BCUT2D eigenvalue weighted by Gasteiger charge is 2.21. The third-order valence-electron chi connectivity index (χ3n) is 2.99. The molecular weight excluding hydrogens is 363 g/mol. The summed E-state index contributed by atoms with van der Waals surface area (Å²) in [5, 5.41) is 2.67. The molecule has 2 aromatic carbocycles. The summed E-state index contributed by atoms with van der Waals surface area (Å²) in [6.45, 7) is 0. The molecule has 3 rings (SSSR count). The number of ketones is 1. The molecule has 1 nitrogen and oxygen atoms in total. The minimum Gasteiger partial charge on any atom is -0.288 e. The lowest BCUT2D eigenvalue weighted by atomic mass is 10.0. The fourth-order valence-electron chi connectivity index (χ4n) is 2.05. The highest BCUT2D eigenvalue weighted by molar-refractivity contribution is 9.10. The number of carbonyl (C=O) groups excluding carboxylic acids is 1. The first-order chi connectivity index (χ1) is 9.59. The van der Waals surface area contributed by atoms with Crippen LogP contribution in [0.1, 0.15) is 15.9 Å². The van der Waals surface area contributed by atoms with Crippen LogP contribution in [-0.2, 0) is 0 Å². The number of hydrogen-bond donors (Lipinski definition) is 0. The summed E-state index contributed by atoms with van der Waals surface area (Å²) >= 11 is 10.8. The lowest BCUT2D eigenvalue weighted by molar-refractivity contribution is 0.103. The molecule has 0 atom stereocenters. The number of thiophene rings is 1. The van der Waals surface area contributed by atoms with Crippen molar-refractivity contribution in [2.45, 2.75) is 0 Å². The van der Waals surface area contributed by atoms with Gasteiger partial charge in [-0.3, -0.25) is 4.79 Å². The van der Waals surface area contributed by atoms with E-state index in [1.807, 2.05) is 18.2 Å². The normalized spacial score (nSPS) is 10.9. The van der Waals surface area contributed by atoms with Gasteiger partial charge in [0.05, 0.1) is 10.6 Å². The number of fused-ring (bicyclic) bond motifs is 1. The molecule has 0 unspecified atom stereocenters. The molecule has 20 heavy (non-hydrogen) atoms. The lowest BCUT2D eigenvalue weighted by Gasteiger charge is -2.04. The third kappa shape index (κ3) is 2.18. The third-order valence-corrected chi connectivity index (χ3v) is 5.25. The maximum absolute atomic E-state index is 13.9. The lowest BCUT2D eigenvalue weighted by Crippen LogP contribution is -2.04. The molecule has 0 bridgehead atoms. The monoisotopic (exact) mass is 368 g/mol. The van der Waals surface area contributed by atoms with Crippen molar-refractivity contribution in [3.63, 3.8) is 0 Å². The number of benzene rings is 2. The standard InChI is InChI=1S/C15H7BrClFOS/c16-10-4-1-3-8-9(7-20-15(8)10)14(19)13-11(17)5-2-6-12(13)18/h1-7H. The Balaban J connectivity index is 2.21. The van der Waals surface area contributed by atoms with Crippen molar-refractivity contribution >= 4 is 54.7 Å². The van der Waals surface area contributed by atoms with Crippen LogP contribution in [0.2, 0.25) is 5.02 Å². The zero-order valence-corrected chi connectivity index (χ0v) is 13.2. The van der Waals surface area contributed by atoms with Crippen LogP contribution in [0.25, 0.3) is 10.1 Å². The summed E-state index contributed by atoms with van der Waals surface area (Å²) in [5.41, 5.74) is 0.396. The van der Waals surface area contributed by atoms with Gasteiger partial charge in [-0.1, -0.05) is 29.8 Å². The van der Waals surface area contributed by atoms with E-state index in [0.717, 1.165) is 14.6 Å². The zero-order valence-electron chi connectivity index (χ0n) is 9.99. The maximum atomic E-state index is 13.9. The Morgan fingerprint density at radius 2 is 1.95 bits per heavy atom. The molecular formula is C15H7BrClFOS. The van der Waals surface area contributed by atoms with Crippen LogP contribution in [0, 0.1) is 5.82 Å². The van der Waals surface area contributed by atoms with Crippen LogP contribution >= 0.6 is 38.9 Å². The average Bonchev–Trinajstić information content (AvgIpc) is 2.83. The number of rotatable bonds is 2. The van der Waals surface area contributed by atoms with Gasteiger partial charge in [-0.05, 0) is 34.1 Å². The molecule has 3 aromatic rings. The van der Waals surface area contributed by atoms with Gasteiger partial charge in [-0.2, -0.15) is 0 Å². The first-order valence-electron chi connectivity index (χ1n) is 5.74. The zero-order chi connectivity index (χ0) is 14.3. The minimum atomic E-state index is -0.600. The van der Waals surface area contributed by atoms with Gasteiger partial charge in [0.1, 0.15) is 5.82 Å². The molecule has 0 N–H and O–H groups in total. The second kappa shape index (κ2) is 5.28. The van der Waals surface area contributed by atoms with E-state index in [9.17, 15) is 9.18 Å². The number of halogens is 3.